The highest BCUT2D eigenvalue weighted by Crippen LogP contribution is 2.32. The first-order valence-electron chi connectivity index (χ1n) is 5.64. The Hall–Kier alpha value is -0.120. The van der Waals surface area contributed by atoms with Crippen molar-refractivity contribution in [2.75, 3.05) is 26.2 Å². The molecule has 0 spiro atoms. The lowest BCUT2D eigenvalue weighted by Crippen LogP contribution is -2.61. The maximum absolute atomic E-state index is 3.48. The summed E-state index contributed by atoms with van der Waals surface area (Å²) in [7, 11) is 0. The van der Waals surface area contributed by atoms with Gasteiger partial charge in [0.2, 0.25) is 0 Å². The van der Waals surface area contributed by atoms with Gasteiger partial charge in [-0.1, -0.05) is 0 Å². The molecule has 3 nitrogen and oxygen atoms in total. The van der Waals surface area contributed by atoms with Crippen molar-refractivity contribution in [1.82, 2.24) is 15.5 Å². The van der Waals surface area contributed by atoms with Crippen LogP contribution >= 0.6 is 0 Å². The van der Waals surface area contributed by atoms with Gasteiger partial charge in [0.25, 0.3) is 0 Å². The van der Waals surface area contributed by atoms with E-state index in [0.717, 1.165) is 18.1 Å². The Bertz CT molecular complexity index is 181. The van der Waals surface area contributed by atoms with Crippen LogP contribution in [0.3, 0.4) is 0 Å². The molecule has 1 atom stereocenters. The molecule has 3 aliphatic rings. The summed E-state index contributed by atoms with van der Waals surface area (Å²) in [6, 6.07) is 2.65. The summed E-state index contributed by atoms with van der Waals surface area (Å²) in [5.41, 5.74) is 0. The third kappa shape index (κ3) is 1.49. The van der Waals surface area contributed by atoms with Crippen LogP contribution in [0.1, 0.15) is 19.3 Å². The molecular weight excluding hydrogens is 162 g/mol. The number of hydrogen-bond donors (Lipinski definition) is 2. The maximum Gasteiger partial charge on any atom is 0.0351 e. The molecule has 3 rings (SSSR count). The van der Waals surface area contributed by atoms with E-state index in [1.807, 2.05) is 0 Å². The first-order chi connectivity index (χ1) is 6.45. The topological polar surface area (TPSA) is 27.3 Å². The average Bonchev–Trinajstić information content (AvgIpc) is 2.73. The zero-order valence-electron chi connectivity index (χ0n) is 8.13. The zero-order chi connectivity index (χ0) is 8.67. The van der Waals surface area contributed by atoms with Gasteiger partial charge in [0.05, 0.1) is 0 Å². The molecule has 1 saturated carbocycles. The quantitative estimate of drug-likeness (QED) is 0.630. The van der Waals surface area contributed by atoms with E-state index < -0.39 is 0 Å². The van der Waals surface area contributed by atoms with Crippen LogP contribution in [0.25, 0.3) is 0 Å². The molecule has 0 amide bonds. The van der Waals surface area contributed by atoms with E-state index in [2.05, 4.69) is 15.5 Å². The van der Waals surface area contributed by atoms with Gasteiger partial charge in [-0.2, -0.15) is 0 Å². The fourth-order valence-electron chi connectivity index (χ4n) is 2.65. The minimum atomic E-state index is 0.847. The van der Waals surface area contributed by atoms with Gasteiger partial charge in [0.1, 0.15) is 0 Å². The molecule has 13 heavy (non-hydrogen) atoms. The van der Waals surface area contributed by atoms with Crippen molar-refractivity contribution < 1.29 is 0 Å². The lowest BCUT2D eigenvalue weighted by molar-refractivity contribution is 0.0942. The normalized spacial score (nSPS) is 35.3. The van der Waals surface area contributed by atoms with Gasteiger partial charge >= 0.3 is 0 Å². The van der Waals surface area contributed by atoms with Gasteiger partial charge in [-0.3, -0.25) is 4.90 Å². The number of rotatable bonds is 3. The molecule has 0 bridgehead atoms. The predicted molar refractivity (Wildman–Crippen MR) is 52.8 cm³/mol. The fraction of sp³-hybridized carbons (Fsp3) is 1.00. The van der Waals surface area contributed by atoms with Crippen molar-refractivity contribution in [2.24, 2.45) is 0 Å². The van der Waals surface area contributed by atoms with Crippen LogP contribution in [-0.2, 0) is 0 Å². The Morgan fingerprint density at radius 3 is 2.00 bits per heavy atom. The Balaban J connectivity index is 1.66. The smallest absolute Gasteiger partial charge is 0.0351 e. The summed E-state index contributed by atoms with van der Waals surface area (Å²) < 4.78 is 0. The highest BCUT2D eigenvalue weighted by atomic mass is 15.3. The van der Waals surface area contributed by atoms with Gasteiger partial charge in [-0.25, -0.2) is 0 Å². The largest absolute Gasteiger partial charge is 0.315 e. The van der Waals surface area contributed by atoms with E-state index in [1.165, 1.54) is 45.4 Å². The van der Waals surface area contributed by atoms with Gasteiger partial charge in [0.15, 0.2) is 0 Å². The van der Waals surface area contributed by atoms with Crippen LogP contribution in [0.4, 0.5) is 0 Å². The van der Waals surface area contributed by atoms with Crippen molar-refractivity contribution in [1.29, 1.82) is 0 Å². The van der Waals surface area contributed by atoms with Crippen molar-refractivity contribution in [3.05, 3.63) is 0 Å². The van der Waals surface area contributed by atoms with Crippen LogP contribution in [0.15, 0.2) is 0 Å². The molecule has 2 saturated heterocycles. The third-order valence-corrected chi connectivity index (χ3v) is 3.61. The third-order valence-electron chi connectivity index (χ3n) is 3.61. The Labute approximate surface area is 79.9 Å². The molecule has 0 aromatic carbocycles. The number of hydrogen-bond acceptors (Lipinski definition) is 3. The second kappa shape index (κ2) is 3.23. The van der Waals surface area contributed by atoms with E-state index in [-0.39, 0.29) is 0 Å². The van der Waals surface area contributed by atoms with Gasteiger partial charge in [-0.15, -0.1) is 0 Å². The number of nitrogens with one attached hydrogen (secondary N) is 2. The van der Waals surface area contributed by atoms with E-state index in [4.69, 9.17) is 0 Å². The minimum absolute atomic E-state index is 0.847. The maximum atomic E-state index is 3.48. The van der Waals surface area contributed by atoms with Crippen molar-refractivity contribution in [2.45, 2.75) is 37.4 Å². The monoisotopic (exact) mass is 181 g/mol. The lowest BCUT2D eigenvalue weighted by Gasteiger charge is -2.42. The van der Waals surface area contributed by atoms with Crippen LogP contribution in [0.2, 0.25) is 0 Å². The molecule has 0 aromatic rings. The summed E-state index contributed by atoms with van der Waals surface area (Å²) in [5, 5.41) is 6.86. The molecule has 2 heterocycles. The molecule has 2 aliphatic heterocycles. The van der Waals surface area contributed by atoms with Crippen molar-refractivity contribution in [3.63, 3.8) is 0 Å². The van der Waals surface area contributed by atoms with Crippen LogP contribution < -0.4 is 10.6 Å². The lowest BCUT2D eigenvalue weighted by atomic mass is 10.1. The Morgan fingerprint density at radius 1 is 0.769 bits per heavy atom. The molecule has 74 valence electrons. The first kappa shape index (κ1) is 8.21. The first-order valence-corrected chi connectivity index (χ1v) is 5.64. The van der Waals surface area contributed by atoms with E-state index in [9.17, 15) is 0 Å². The molecular formula is C10H19N3. The van der Waals surface area contributed by atoms with E-state index >= 15 is 0 Å². The molecule has 3 fully saturated rings. The molecule has 0 aromatic heterocycles. The second-order valence-corrected chi connectivity index (χ2v) is 4.64. The Kier molecular flexibility index (Phi) is 2.04. The summed E-state index contributed by atoms with van der Waals surface area (Å²) in [6.45, 7) is 4.92. The predicted octanol–water partition coefficient (Wildman–Crippen LogP) is -0.215. The standard InChI is InChI=1S/C10H19N3/c1-2-8(1)13(10-6-12-7-10)9-3-4-11-5-9/h8-12H,1-7H2. The summed E-state index contributed by atoms with van der Waals surface area (Å²) >= 11 is 0. The highest BCUT2D eigenvalue weighted by molar-refractivity contribution is 4.99. The Morgan fingerprint density at radius 2 is 1.54 bits per heavy atom. The summed E-state index contributed by atoms with van der Waals surface area (Å²) in [6.07, 6.45) is 4.27. The van der Waals surface area contributed by atoms with Gasteiger partial charge in [0, 0.05) is 37.8 Å². The van der Waals surface area contributed by atoms with Crippen LogP contribution in [0, 0.1) is 0 Å². The van der Waals surface area contributed by atoms with E-state index in [1.54, 1.807) is 0 Å². The second-order valence-electron chi connectivity index (χ2n) is 4.64. The highest BCUT2D eigenvalue weighted by Gasteiger charge is 2.41. The summed E-state index contributed by atoms with van der Waals surface area (Å²) in [4.78, 5) is 2.80. The van der Waals surface area contributed by atoms with E-state index in [0.29, 0.717) is 0 Å². The fourth-order valence-corrected chi connectivity index (χ4v) is 2.65. The number of nitrogens with zero attached hydrogens (tertiary/aromatic N) is 1. The molecule has 3 heteroatoms. The molecule has 2 N–H and O–H groups in total. The van der Waals surface area contributed by atoms with Crippen molar-refractivity contribution in [3.8, 4) is 0 Å². The molecule has 0 radical (unpaired) electrons. The summed E-state index contributed by atoms with van der Waals surface area (Å²) in [5.74, 6) is 0. The SMILES string of the molecule is C1CC(N(C2CC2)C2CNC2)CN1. The zero-order valence-corrected chi connectivity index (χ0v) is 8.13. The van der Waals surface area contributed by atoms with Crippen LogP contribution in [0.5, 0.6) is 0 Å². The van der Waals surface area contributed by atoms with Gasteiger partial charge < -0.3 is 10.6 Å². The minimum Gasteiger partial charge on any atom is -0.315 e. The van der Waals surface area contributed by atoms with Crippen molar-refractivity contribution >= 4 is 0 Å². The molecule has 1 unspecified atom stereocenters. The van der Waals surface area contributed by atoms with Gasteiger partial charge in [-0.05, 0) is 25.8 Å². The van der Waals surface area contributed by atoms with Crippen LogP contribution in [-0.4, -0.2) is 49.2 Å². The average molecular weight is 181 g/mol. The molecule has 1 aliphatic carbocycles.